The van der Waals surface area contributed by atoms with Crippen LogP contribution >= 0.6 is 11.6 Å². The lowest BCUT2D eigenvalue weighted by Gasteiger charge is -2.04. The zero-order valence-corrected chi connectivity index (χ0v) is 9.15. The van der Waals surface area contributed by atoms with Crippen LogP contribution in [0, 0.1) is 5.82 Å². The Bertz CT molecular complexity index is 546. The van der Waals surface area contributed by atoms with Gasteiger partial charge in [-0.15, -0.1) is 0 Å². The molecule has 7 heteroatoms. The Morgan fingerprint density at radius 1 is 1.24 bits per heavy atom. The van der Waals surface area contributed by atoms with Crippen LogP contribution in [0.15, 0.2) is 30.7 Å². The molecule has 2 aromatic rings. The minimum atomic E-state index is -0.535. The molecule has 2 rings (SSSR count). The van der Waals surface area contributed by atoms with Crippen LogP contribution in [0.4, 0.5) is 10.2 Å². The van der Waals surface area contributed by atoms with E-state index in [0.29, 0.717) is 0 Å². The van der Waals surface area contributed by atoms with Crippen LogP contribution < -0.4 is 5.32 Å². The van der Waals surface area contributed by atoms with E-state index in [1.165, 1.54) is 18.5 Å². The van der Waals surface area contributed by atoms with Crippen LogP contribution in [0.1, 0.15) is 10.5 Å². The van der Waals surface area contributed by atoms with Gasteiger partial charge in [0.1, 0.15) is 11.5 Å². The molecule has 0 atom stereocenters. The molecule has 1 amide bonds. The predicted octanol–water partition coefficient (Wildman–Crippen LogP) is 1.92. The molecule has 0 aliphatic rings. The third-order valence-electron chi connectivity index (χ3n) is 1.85. The highest BCUT2D eigenvalue weighted by Gasteiger charge is 2.10. The second-order valence-electron chi connectivity index (χ2n) is 3.01. The highest BCUT2D eigenvalue weighted by molar-refractivity contribution is 6.32. The molecule has 1 N–H and O–H groups in total. The first kappa shape index (κ1) is 11.4. The smallest absolute Gasteiger partial charge is 0.275 e. The van der Waals surface area contributed by atoms with E-state index in [9.17, 15) is 9.18 Å². The van der Waals surface area contributed by atoms with Gasteiger partial charge in [0.25, 0.3) is 5.91 Å². The summed E-state index contributed by atoms with van der Waals surface area (Å²) in [7, 11) is 0. The molecule has 0 unspecified atom stereocenters. The number of nitrogens with zero attached hydrogens (tertiary/aromatic N) is 3. The van der Waals surface area contributed by atoms with Crippen molar-refractivity contribution in [2.24, 2.45) is 0 Å². The van der Waals surface area contributed by atoms with Gasteiger partial charge >= 0.3 is 0 Å². The van der Waals surface area contributed by atoms with Gasteiger partial charge in [0, 0.05) is 12.4 Å². The lowest BCUT2D eigenvalue weighted by molar-refractivity contribution is 0.102. The zero-order chi connectivity index (χ0) is 12.3. The molecule has 0 spiro atoms. The summed E-state index contributed by atoms with van der Waals surface area (Å²) in [4.78, 5) is 22.9. The normalized spacial score (nSPS) is 10.0. The summed E-state index contributed by atoms with van der Waals surface area (Å²) in [5.74, 6) is -0.920. The minimum Gasteiger partial charge on any atom is -0.303 e. The number of hydrogen-bond donors (Lipinski definition) is 1. The lowest BCUT2D eigenvalue weighted by atomic mass is 10.3. The van der Waals surface area contributed by atoms with Gasteiger partial charge in [-0.05, 0) is 12.1 Å². The van der Waals surface area contributed by atoms with E-state index in [4.69, 9.17) is 11.6 Å². The quantitative estimate of drug-likeness (QED) is 0.887. The topological polar surface area (TPSA) is 67.8 Å². The van der Waals surface area contributed by atoms with Crippen LogP contribution in [0.2, 0.25) is 5.15 Å². The Labute approximate surface area is 101 Å². The van der Waals surface area contributed by atoms with E-state index in [1.54, 1.807) is 0 Å². The lowest BCUT2D eigenvalue weighted by Crippen LogP contribution is -2.15. The maximum atomic E-state index is 12.6. The van der Waals surface area contributed by atoms with E-state index >= 15 is 0 Å². The summed E-state index contributed by atoms with van der Waals surface area (Å²) >= 11 is 5.71. The van der Waals surface area contributed by atoms with Crippen molar-refractivity contribution < 1.29 is 9.18 Å². The molecule has 0 saturated carbocycles. The summed E-state index contributed by atoms with van der Waals surface area (Å²) in [6, 6.07) is 2.40. The molecule has 86 valence electrons. The summed E-state index contributed by atoms with van der Waals surface area (Å²) < 4.78 is 12.6. The minimum absolute atomic E-state index is 0.0631. The predicted molar refractivity (Wildman–Crippen MR) is 59.2 cm³/mol. The van der Waals surface area contributed by atoms with E-state index in [2.05, 4.69) is 20.3 Å². The fraction of sp³-hybridized carbons (Fsp3) is 0. The number of anilines is 1. The monoisotopic (exact) mass is 252 g/mol. The van der Waals surface area contributed by atoms with E-state index in [-0.39, 0.29) is 16.7 Å². The second kappa shape index (κ2) is 4.84. The van der Waals surface area contributed by atoms with Crippen molar-refractivity contribution in [1.29, 1.82) is 0 Å². The molecule has 5 nitrogen and oxygen atoms in total. The van der Waals surface area contributed by atoms with Gasteiger partial charge in [-0.1, -0.05) is 11.6 Å². The van der Waals surface area contributed by atoms with Crippen molar-refractivity contribution in [1.82, 2.24) is 15.0 Å². The number of carbonyl (C=O) groups is 1. The summed E-state index contributed by atoms with van der Waals surface area (Å²) in [6.07, 6.45) is 3.74. The van der Waals surface area contributed by atoms with Crippen LogP contribution in [0.5, 0.6) is 0 Å². The standard InChI is InChI=1S/C10H6ClFN4O/c11-8-9(14-4-3-13-8)16-10(17)7-2-1-6(12)5-15-7/h1-5H,(H,14,16,17). The highest BCUT2D eigenvalue weighted by Crippen LogP contribution is 2.14. The van der Waals surface area contributed by atoms with E-state index in [0.717, 1.165) is 12.3 Å². The summed E-state index contributed by atoms with van der Waals surface area (Å²) in [6.45, 7) is 0. The molecule has 0 radical (unpaired) electrons. The Morgan fingerprint density at radius 3 is 2.65 bits per heavy atom. The Kier molecular flexibility index (Phi) is 3.24. The third-order valence-corrected chi connectivity index (χ3v) is 2.12. The molecule has 0 fully saturated rings. The summed E-state index contributed by atoms with van der Waals surface area (Å²) in [5, 5.41) is 2.49. The SMILES string of the molecule is O=C(Nc1nccnc1Cl)c1ccc(F)cn1. The van der Waals surface area contributed by atoms with E-state index < -0.39 is 11.7 Å². The van der Waals surface area contributed by atoms with Gasteiger partial charge in [0.05, 0.1) is 6.20 Å². The maximum Gasteiger partial charge on any atom is 0.275 e. The van der Waals surface area contributed by atoms with Crippen LogP contribution in [0.25, 0.3) is 0 Å². The van der Waals surface area contributed by atoms with Crippen molar-refractivity contribution in [3.05, 3.63) is 47.4 Å². The van der Waals surface area contributed by atoms with Gasteiger partial charge in [-0.25, -0.2) is 19.3 Å². The van der Waals surface area contributed by atoms with Gasteiger partial charge in [-0.2, -0.15) is 0 Å². The van der Waals surface area contributed by atoms with Crippen molar-refractivity contribution in [3.63, 3.8) is 0 Å². The Balaban J connectivity index is 2.17. The summed E-state index contributed by atoms with van der Waals surface area (Å²) in [5.41, 5.74) is 0.0631. The average Bonchev–Trinajstić information content (AvgIpc) is 2.33. The molecule has 0 aliphatic heterocycles. The molecule has 0 aliphatic carbocycles. The van der Waals surface area contributed by atoms with Crippen LogP contribution in [0.3, 0.4) is 0 Å². The average molecular weight is 253 g/mol. The van der Waals surface area contributed by atoms with Crippen molar-refractivity contribution in [2.45, 2.75) is 0 Å². The number of carbonyl (C=O) groups excluding carboxylic acids is 1. The number of amides is 1. The molecule has 2 aromatic heterocycles. The molecular weight excluding hydrogens is 247 g/mol. The van der Waals surface area contributed by atoms with Crippen molar-refractivity contribution in [3.8, 4) is 0 Å². The third kappa shape index (κ3) is 2.73. The highest BCUT2D eigenvalue weighted by atomic mass is 35.5. The first-order valence-electron chi connectivity index (χ1n) is 4.56. The van der Waals surface area contributed by atoms with Crippen molar-refractivity contribution >= 4 is 23.3 Å². The maximum absolute atomic E-state index is 12.6. The molecule has 0 bridgehead atoms. The van der Waals surface area contributed by atoms with Crippen LogP contribution in [-0.2, 0) is 0 Å². The number of rotatable bonds is 2. The number of aromatic nitrogens is 3. The van der Waals surface area contributed by atoms with Crippen LogP contribution in [-0.4, -0.2) is 20.9 Å². The number of hydrogen-bond acceptors (Lipinski definition) is 4. The zero-order valence-electron chi connectivity index (χ0n) is 8.39. The molecule has 0 saturated heterocycles. The molecule has 0 aromatic carbocycles. The van der Waals surface area contributed by atoms with Crippen molar-refractivity contribution in [2.75, 3.05) is 5.32 Å². The number of pyridine rings is 1. The van der Waals surface area contributed by atoms with E-state index in [1.807, 2.05) is 0 Å². The fourth-order valence-corrected chi connectivity index (χ4v) is 1.24. The first-order chi connectivity index (χ1) is 8.16. The second-order valence-corrected chi connectivity index (χ2v) is 3.37. The Hall–Kier alpha value is -2.08. The molecule has 17 heavy (non-hydrogen) atoms. The van der Waals surface area contributed by atoms with Gasteiger partial charge in [-0.3, -0.25) is 4.79 Å². The van der Waals surface area contributed by atoms with Gasteiger partial charge in [0.15, 0.2) is 11.0 Å². The molecular formula is C10H6ClFN4O. The Morgan fingerprint density at radius 2 is 2.00 bits per heavy atom. The fourth-order valence-electron chi connectivity index (χ4n) is 1.09. The number of nitrogens with one attached hydrogen (secondary N) is 1. The molecule has 2 heterocycles. The van der Waals surface area contributed by atoms with Gasteiger partial charge in [0.2, 0.25) is 0 Å². The van der Waals surface area contributed by atoms with Gasteiger partial charge < -0.3 is 5.32 Å². The largest absolute Gasteiger partial charge is 0.303 e. The number of halogens is 2. The first-order valence-corrected chi connectivity index (χ1v) is 4.94.